The minimum atomic E-state index is 0.00865. The number of carbonyl (C=O) groups is 1. The number of methoxy groups -OCH3 is 1. The van der Waals surface area contributed by atoms with Gasteiger partial charge in [-0.1, -0.05) is 32.0 Å². The molecule has 0 aliphatic carbocycles. The molecule has 0 unspecified atom stereocenters. The first-order chi connectivity index (χ1) is 9.03. The molecule has 0 bridgehead atoms. The number of carbonyl (C=O) groups excluding carboxylic acids is 1. The fourth-order valence-corrected chi connectivity index (χ4v) is 1.61. The molecule has 1 amide bonds. The van der Waals surface area contributed by atoms with Crippen LogP contribution in [0.4, 0.5) is 5.69 Å². The Morgan fingerprint density at radius 3 is 2.58 bits per heavy atom. The summed E-state index contributed by atoms with van der Waals surface area (Å²) in [7, 11) is 1.69. The maximum absolute atomic E-state index is 11.7. The van der Waals surface area contributed by atoms with Gasteiger partial charge >= 0.3 is 0 Å². The van der Waals surface area contributed by atoms with E-state index < -0.39 is 0 Å². The normalized spacial score (nSPS) is 11.1. The van der Waals surface area contributed by atoms with Crippen molar-refractivity contribution in [2.75, 3.05) is 32.1 Å². The predicted octanol–water partition coefficient (Wildman–Crippen LogP) is 2.28. The SMILES string of the molecule is COCCC(C)(C)CNC(=O)CNc1ccccc1. The second-order valence-electron chi connectivity index (χ2n) is 5.40. The van der Waals surface area contributed by atoms with Crippen LogP contribution >= 0.6 is 0 Å². The Kier molecular flexibility index (Phi) is 6.36. The van der Waals surface area contributed by atoms with Gasteiger partial charge in [-0.2, -0.15) is 0 Å². The third-order valence-corrected chi connectivity index (χ3v) is 2.97. The van der Waals surface area contributed by atoms with Crippen molar-refractivity contribution in [2.45, 2.75) is 20.3 Å². The predicted molar refractivity (Wildman–Crippen MR) is 78.2 cm³/mol. The van der Waals surface area contributed by atoms with E-state index in [2.05, 4.69) is 24.5 Å². The van der Waals surface area contributed by atoms with Gasteiger partial charge in [0.05, 0.1) is 6.54 Å². The topological polar surface area (TPSA) is 50.4 Å². The van der Waals surface area contributed by atoms with Crippen LogP contribution in [0.25, 0.3) is 0 Å². The van der Waals surface area contributed by atoms with E-state index in [1.54, 1.807) is 7.11 Å². The molecule has 0 aromatic heterocycles. The molecular formula is C15H24N2O2. The molecule has 1 aromatic rings. The summed E-state index contributed by atoms with van der Waals surface area (Å²) in [6, 6.07) is 9.71. The molecule has 19 heavy (non-hydrogen) atoms. The summed E-state index contributed by atoms with van der Waals surface area (Å²) in [6.45, 7) is 5.91. The molecule has 0 atom stereocenters. The molecule has 0 radical (unpaired) electrons. The molecule has 0 fully saturated rings. The summed E-state index contributed by atoms with van der Waals surface area (Å²) >= 11 is 0. The highest BCUT2D eigenvalue weighted by Gasteiger charge is 2.18. The number of para-hydroxylation sites is 1. The van der Waals surface area contributed by atoms with Gasteiger partial charge in [0.25, 0.3) is 0 Å². The van der Waals surface area contributed by atoms with Gasteiger partial charge in [0, 0.05) is 25.9 Å². The fraction of sp³-hybridized carbons (Fsp3) is 0.533. The lowest BCUT2D eigenvalue weighted by Crippen LogP contribution is -2.37. The van der Waals surface area contributed by atoms with E-state index in [1.165, 1.54) is 0 Å². The van der Waals surface area contributed by atoms with Crippen LogP contribution in [0.3, 0.4) is 0 Å². The zero-order valence-corrected chi connectivity index (χ0v) is 12.0. The van der Waals surface area contributed by atoms with E-state index in [9.17, 15) is 4.79 Å². The van der Waals surface area contributed by atoms with E-state index in [4.69, 9.17) is 4.74 Å². The zero-order valence-electron chi connectivity index (χ0n) is 12.0. The van der Waals surface area contributed by atoms with E-state index in [-0.39, 0.29) is 11.3 Å². The van der Waals surface area contributed by atoms with Gasteiger partial charge in [-0.05, 0) is 24.0 Å². The van der Waals surface area contributed by atoms with E-state index in [0.717, 1.165) is 12.1 Å². The second-order valence-corrected chi connectivity index (χ2v) is 5.40. The number of amides is 1. The van der Waals surface area contributed by atoms with Crippen molar-refractivity contribution in [1.29, 1.82) is 0 Å². The van der Waals surface area contributed by atoms with Gasteiger partial charge in [0.1, 0.15) is 0 Å². The first kappa shape index (κ1) is 15.5. The summed E-state index contributed by atoms with van der Waals surface area (Å²) in [5, 5.41) is 6.03. The Morgan fingerprint density at radius 2 is 1.95 bits per heavy atom. The van der Waals surface area contributed by atoms with E-state index in [0.29, 0.717) is 19.7 Å². The Hall–Kier alpha value is -1.55. The van der Waals surface area contributed by atoms with Crippen molar-refractivity contribution in [3.05, 3.63) is 30.3 Å². The van der Waals surface area contributed by atoms with Crippen molar-refractivity contribution < 1.29 is 9.53 Å². The van der Waals surface area contributed by atoms with Crippen LogP contribution in [0.15, 0.2) is 30.3 Å². The molecule has 0 spiro atoms. The van der Waals surface area contributed by atoms with Gasteiger partial charge in [-0.25, -0.2) is 0 Å². The second kappa shape index (κ2) is 7.79. The van der Waals surface area contributed by atoms with Crippen LogP contribution in [0.2, 0.25) is 0 Å². The Labute approximate surface area is 115 Å². The van der Waals surface area contributed by atoms with Crippen molar-refractivity contribution in [3.63, 3.8) is 0 Å². The summed E-state index contributed by atoms with van der Waals surface area (Å²) in [6.07, 6.45) is 0.926. The van der Waals surface area contributed by atoms with Crippen molar-refractivity contribution in [2.24, 2.45) is 5.41 Å². The van der Waals surface area contributed by atoms with Gasteiger partial charge < -0.3 is 15.4 Å². The molecule has 4 heteroatoms. The minimum Gasteiger partial charge on any atom is -0.385 e. The van der Waals surface area contributed by atoms with Gasteiger partial charge in [-0.15, -0.1) is 0 Å². The highest BCUT2D eigenvalue weighted by molar-refractivity contribution is 5.80. The lowest BCUT2D eigenvalue weighted by molar-refractivity contribution is -0.119. The van der Waals surface area contributed by atoms with Gasteiger partial charge in [-0.3, -0.25) is 4.79 Å². The van der Waals surface area contributed by atoms with E-state index in [1.807, 2.05) is 30.3 Å². The molecular weight excluding hydrogens is 240 g/mol. The van der Waals surface area contributed by atoms with Crippen LogP contribution in [-0.2, 0) is 9.53 Å². The van der Waals surface area contributed by atoms with Gasteiger partial charge in [0.2, 0.25) is 5.91 Å². The monoisotopic (exact) mass is 264 g/mol. The number of nitrogens with one attached hydrogen (secondary N) is 2. The zero-order chi connectivity index (χ0) is 14.1. The third kappa shape index (κ3) is 6.82. The van der Waals surface area contributed by atoms with E-state index >= 15 is 0 Å². The smallest absolute Gasteiger partial charge is 0.239 e. The summed E-state index contributed by atoms with van der Waals surface area (Å²) in [5.74, 6) is 0.00865. The van der Waals surface area contributed by atoms with Gasteiger partial charge in [0.15, 0.2) is 0 Å². The van der Waals surface area contributed by atoms with Crippen LogP contribution in [0.1, 0.15) is 20.3 Å². The quantitative estimate of drug-likeness (QED) is 0.757. The third-order valence-electron chi connectivity index (χ3n) is 2.97. The van der Waals surface area contributed by atoms with Crippen LogP contribution < -0.4 is 10.6 Å². The number of hydrogen-bond acceptors (Lipinski definition) is 3. The maximum Gasteiger partial charge on any atom is 0.239 e. The lowest BCUT2D eigenvalue weighted by Gasteiger charge is -2.24. The average Bonchev–Trinajstić information content (AvgIpc) is 2.42. The number of anilines is 1. The Morgan fingerprint density at radius 1 is 1.26 bits per heavy atom. The number of hydrogen-bond donors (Lipinski definition) is 2. The number of rotatable bonds is 8. The molecule has 4 nitrogen and oxygen atoms in total. The van der Waals surface area contributed by atoms with Crippen LogP contribution in [0.5, 0.6) is 0 Å². The molecule has 0 saturated carbocycles. The number of ether oxygens (including phenoxy) is 1. The fourth-order valence-electron chi connectivity index (χ4n) is 1.61. The molecule has 0 aliphatic rings. The first-order valence-corrected chi connectivity index (χ1v) is 6.58. The molecule has 2 N–H and O–H groups in total. The Bertz CT molecular complexity index is 377. The largest absolute Gasteiger partial charge is 0.385 e. The number of benzene rings is 1. The lowest BCUT2D eigenvalue weighted by atomic mass is 9.90. The maximum atomic E-state index is 11.7. The summed E-state index contributed by atoms with van der Waals surface area (Å²) in [5.41, 5.74) is 1.01. The molecule has 1 aromatic carbocycles. The van der Waals surface area contributed by atoms with Crippen molar-refractivity contribution in [3.8, 4) is 0 Å². The average molecular weight is 264 g/mol. The van der Waals surface area contributed by atoms with Crippen molar-refractivity contribution >= 4 is 11.6 Å². The highest BCUT2D eigenvalue weighted by atomic mass is 16.5. The summed E-state index contributed by atoms with van der Waals surface area (Å²) in [4.78, 5) is 11.7. The van der Waals surface area contributed by atoms with Crippen LogP contribution in [0, 0.1) is 5.41 Å². The molecule has 0 heterocycles. The molecule has 106 valence electrons. The molecule has 1 rings (SSSR count). The van der Waals surface area contributed by atoms with Crippen LogP contribution in [-0.4, -0.2) is 32.7 Å². The van der Waals surface area contributed by atoms with Crippen molar-refractivity contribution in [1.82, 2.24) is 5.32 Å². The standard InChI is InChI=1S/C15H24N2O2/c1-15(2,9-10-19-3)12-17-14(18)11-16-13-7-5-4-6-8-13/h4-8,16H,9-12H2,1-3H3,(H,17,18). The molecule has 0 saturated heterocycles. The minimum absolute atomic E-state index is 0.00865. The highest BCUT2D eigenvalue weighted by Crippen LogP contribution is 2.18. The Balaban J connectivity index is 2.24. The first-order valence-electron chi connectivity index (χ1n) is 6.58. The summed E-state index contributed by atoms with van der Waals surface area (Å²) < 4.78 is 5.06. The molecule has 0 aliphatic heterocycles.